The molecule has 33 heavy (non-hydrogen) atoms. The molecular weight excluding hydrogens is 442 g/mol. The number of fused-ring (bicyclic) bond motifs is 1. The van der Waals surface area contributed by atoms with Crippen molar-refractivity contribution in [1.29, 1.82) is 0 Å². The largest absolute Gasteiger partial charge is 0.493 e. The summed E-state index contributed by atoms with van der Waals surface area (Å²) in [6, 6.07) is 21.0. The highest BCUT2D eigenvalue weighted by Crippen LogP contribution is 2.28. The number of carbonyl (C=O) groups excluding carboxylic acids is 2. The second kappa shape index (κ2) is 10.5. The zero-order chi connectivity index (χ0) is 23.0. The van der Waals surface area contributed by atoms with Crippen LogP contribution in [0, 0.1) is 0 Å². The van der Waals surface area contributed by atoms with E-state index >= 15 is 0 Å². The normalized spacial score (nSPS) is 10.9. The first-order valence-electron chi connectivity index (χ1n) is 9.88. The van der Waals surface area contributed by atoms with Crippen LogP contribution in [0.3, 0.4) is 0 Å². The van der Waals surface area contributed by atoms with E-state index in [1.165, 1.54) is 25.1 Å². The first kappa shape index (κ1) is 22.1. The molecule has 0 saturated carbocycles. The molecule has 1 amide bonds. The lowest BCUT2D eigenvalue weighted by atomic mass is 10.2. The zero-order valence-electron chi connectivity index (χ0n) is 17.6. The second-order valence-electron chi connectivity index (χ2n) is 6.70. The molecule has 9 heteroatoms. The summed E-state index contributed by atoms with van der Waals surface area (Å²) in [6.07, 6.45) is 1.47. The number of oxazole rings is 1. The Labute approximate surface area is 193 Å². The summed E-state index contributed by atoms with van der Waals surface area (Å²) in [4.78, 5) is 28.6. The molecule has 0 radical (unpaired) electrons. The van der Waals surface area contributed by atoms with Crippen LogP contribution in [0.5, 0.6) is 11.5 Å². The Morgan fingerprint density at radius 2 is 1.85 bits per heavy atom. The minimum Gasteiger partial charge on any atom is -0.493 e. The van der Waals surface area contributed by atoms with Gasteiger partial charge in [0.15, 0.2) is 17.1 Å². The van der Waals surface area contributed by atoms with E-state index in [1.807, 2.05) is 30.3 Å². The Bertz CT molecular complexity index is 1270. The van der Waals surface area contributed by atoms with Crippen molar-refractivity contribution in [2.45, 2.75) is 5.22 Å². The maximum atomic E-state index is 12.3. The van der Waals surface area contributed by atoms with E-state index in [1.54, 1.807) is 42.5 Å². The van der Waals surface area contributed by atoms with Gasteiger partial charge in [0.05, 0.1) is 24.6 Å². The van der Waals surface area contributed by atoms with E-state index in [0.717, 1.165) is 5.52 Å². The maximum Gasteiger partial charge on any atom is 0.343 e. The van der Waals surface area contributed by atoms with Gasteiger partial charge in [-0.15, -0.1) is 0 Å². The summed E-state index contributed by atoms with van der Waals surface area (Å²) in [6.45, 7) is 0. The van der Waals surface area contributed by atoms with E-state index in [-0.39, 0.29) is 17.4 Å². The molecule has 4 aromatic rings. The number of amides is 1. The first-order valence-corrected chi connectivity index (χ1v) is 10.9. The fourth-order valence-electron chi connectivity index (χ4n) is 2.83. The zero-order valence-corrected chi connectivity index (χ0v) is 18.4. The van der Waals surface area contributed by atoms with Gasteiger partial charge in [0.25, 0.3) is 11.1 Å². The highest BCUT2D eigenvalue weighted by Gasteiger charge is 2.13. The van der Waals surface area contributed by atoms with Crippen molar-refractivity contribution in [3.8, 4) is 11.5 Å². The van der Waals surface area contributed by atoms with Gasteiger partial charge in [-0.1, -0.05) is 42.1 Å². The molecule has 0 aliphatic heterocycles. The van der Waals surface area contributed by atoms with Gasteiger partial charge in [-0.2, -0.15) is 5.10 Å². The van der Waals surface area contributed by atoms with Gasteiger partial charge in [0.2, 0.25) is 0 Å². The summed E-state index contributed by atoms with van der Waals surface area (Å²) in [5, 5.41) is 4.38. The van der Waals surface area contributed by atoms with Crippen molar-refractivity contribution in [2.24, 2.45) is 5.10 Å². The number of hydrogen-bond donors (Lipinski definition) is 1. The van der Waals surface area contributed by atoms with Gasteiger partial charge in [-0.3, -0.25) is 4.79 Å². The molecule has 1 N–H and O–H groups in total. The lowest BCUT2D eigenvalue weighted by molar-refractivity contribution is -0.118. The molecule has 8 nitrogen and oxygen atoms in total. The van der Waals surface area contributed by atoms with Gasteiger partial charge in [0.1, 0.15) is 5.52 Å². The van der Waals surface area contributed by atoms with Gasteiger partial charge >= 0.3 is 5.97 Å². The summed E-state index contributed by atoms with van der Waals surface area (Å²) in [7, 11) is 1.47. The lowest BCUT2D eigenvalue weighted by Gasteiger charge is -2.10. The van der Waals surface area contributed by atoms with Gasteiger partial charge in [-0.25, -0.2) is 15.2 Å². The monoisotopic (exact) mass is 461 g/mol. The first-order chi connectivity index (χ1) is 16.1. The Balaban J connectivity index is 1.31. The molecule has 1 aromatic heterocycles. The number of hydrazone groups is 1. The molecule has 0 bridgehead atoms. The summed E-state index contributed by atoms with van der Waals surface area (Å²) < 4.78 is 16.3. The number of nitrogens with one attached hydrogen (secondary N) is 1. The minimum absolute atomic E-state index is 0.0991. The Hall–Kier alpha value is -4.11. The van der Waals surface area contributed by atoms with Crippen LogP contribution in [-0.2, 0) is 4.79 Å². The van der Waals surface area contributed by atoms with Gasteiger partial charge in [-0.05, 0) is 48.0 Å². The number of aromatic nitrogens is 1. The number of para-hydroxylation sites is 2. The molecular formula is C24H19N3O5S. The fourth-order valence-corrected chi connectivity index (χ4v) is 3.46. The summed E-state index contributed by atoms with van der Waals surface area (Å²) >= 11 is 1.18. The Morgan fingerprint density at radius 3 is 2.64 bits per heavy atom. The Kier molecular flexibility index (Phi) is 7.01. The number of rotatable bonds is 8. The molecule has 0 unspecified atom stereocenters. The van der Waals surface area contributed by atoms with E-state index in [4.69, 9.17) is 13.9 Å². The van der Waals surface area contributed by atoms with Gasteiger partial charge < -0.3 is 13.9 Å². The molecule has 0 aliphatic carbocycles. The third-order valence-corrected chi connectivity index (χ3v) is 5.23. The molecule has 1 heterocycles. The number of carbonyl (C=O) groups is 2. The van der Waals surface area contributed by atoms with Crippen molar-refractivity contribution < 1.29 is 23.5 Å². The van der Waals surface area contributed by atoms with Crippen LogP contribution in [0.25, 0.3) is 11.1 Å². The molecule has 4 rings (SSSR count). The van der Waals surface area contributed by atoms with Crippen LogP contribution in [0.1, 0.15) is 15.9 Å². The molecule has 0 atom stereocenters. The number of esters is 1. The smallest absolute Gasteiger partial charge is 0.343 e. The average Bonchev–Trinajstić information content (AvgIpc) is 3.27. The number of methoxy groups -OCH3 is 1. The molecule has 3 aromatic carbocycles. The van der Waals surface area contributed by atoms with Crippen LogP contribution >= 0.6 is 11.8 Å². The number of ether oxygens (including phenoxy) is 2. The lowest BCUT2D eigenvalue weighted by Crippen LogP contribution is -2.19. The fraction of sp³-hybridized carbons (Fsp3) is 0.0833. The third-order valence-electron chi connectivity index (χ3n) is 4.40. The van der Waals surface area contributed by atoms with Gasteiger partial charge in [0, 0.05) is 0 Å². The molecule has 166 valence electrons. The van der Waals surface area contributed by atoms with Crippen LogP contribution in [-0.4, -0.2) is 35.9 Å². The number of benzene rings is 3. The highest BCUT2D eigenvalue weighted by molar-refractivity contribution is 7.99. The maximum absolute atomic E-state index is 12.3. The SMILES string of the molecule is COc1cc(/C=N/NC(=O)CSc2nc3ccccc3o2)ccc1OC(=O)c1ccccc1. The van der Waals surface area contributed by atoms with Crippen molar-refractivity contribution >= 4 is 41.0 Å². The molecule has 0 spiro atoms. The summed E-state index contributed by atoms with van der Waals surface area (Å²) in [5.74, 6) is -0.0526. The predicted octanol–water partition coefficient (Wildman–Crippen LogP) is 4.30. The van der Waals surface area contributed by atoms with Crippen molar-refractivity contribution in [1.82, 2.24) is 10.4 Å². The van der Waals surface area contributed by atoms with Crippen molar-refractivity contribution in [2.75, 3.05) is 12.9 Å². The number of thioether (sulfide) groups is 1. The standard InChI is InChI=1S/C24H19N3O5S/c1-30-21-13-16(11-12-20(21)31-23(29)17-7-3-2-4-8-17)14-25-27-22(28)15-33-24-26-18-9-5-6-10-19(18)32-24/h2-14H,15H2,1H3,(H,27,28)/b25-14+. The van der Waals surface area contributed by atoms with Crippen LogP contribution in [0.2, 0.25) is 0 Å². The highest BCUT2D eigenvalue weighted by atomic mass is 32.2. The second-order valence-corrected chi connectivity index (χ2v) is 7.62. The minimum atomic E-state index is -0.487. The predicted molar refractivity (Wildman–Crippen MR) is 125 cm³/mol. The van der Waals surface area contributed by atoms with Crippen molar-refractivity contribution in [3.63, 3.8) is 0 Å². The molecule has 0 aliphatic rings. The van der Waals surface area contributed by atoms with Crippen molar-refractivity contribution in [3.05, 3.63) is 83.9 Å². The van der Waals surface area contributed by atoms with E-state index in [0.29, 0.717) is 27.7 Å². The Morgan fingerprint density at radius 1 is 1.06 bits per heavy atom. The number of nitrogens with zero attached hydrogens (tertiary/aromatic N) is 2. The molecule has 0 saturated heterocycles. The summed E-state index contributed by atoms with van der Waals surface area (Å²) in [5.41, 5.74) is 4.95. The third kappa shape index (κ3) is 5.78. The van der Waals surface area contributed by atoms with E-state index in [2.05, 4.69) is 15.5 Å². The quantitative estimate of drug-likeness (QED) is 0.137. The van der Waals surface area contributed by atoms with E-state index < -0.39 is 5.97 Å². The topological polar surface area (TPSA) is 103 Å². The number of hydrogen-bond acceptors (Lipinski definition) is 8. The van der Waals surface area contributed by atoms with Crippen LogP contribution in [0.15, 0.2) is 87.5 Å². The average molecular weight is 461 g/mol. The van der Waals surface area contributed by atoms with Crippen LogP contribution in [0.4, 0.5) is 0 Å². The molecule has 0 fully saturated rings. The van der Waals surface area contributed by atoms with E-state index in [9.17, 15) is 9.59 Å². The van der Waals surface area contributed by atoms with Crippen LogP contribution < -0.4 is 14.9 Å².